The van der Waals surface area contributed by atoms with Gasteiger partial charge in [-0.15, -0.1) is 0 Å². The molecular weight excluding hydrogens is 252 g/mol. The van der Waals surface area contributed by atoms with Crippen molar-refractivity contribution in [1.29, 1.82) is 0 Å². The highest BCUT2D eigenvalue weighted by atomic mass is 16.5. The third-order valence-electron chi connectivity index (χ3n) is 2.68. The smallest absolute Gasteiger partial charge is 0.339 e. The molecule has 0 amide bonds. The molecule has 0 saturated carbocycles. The summed E-state index contributed by atoms with van der Waals surface area (Å²) in [5.74, 6) is 0.144. The first-order valence-electron chi connectivity index (χ1n) is 5.59. The van der Waals surface area contributed by atoms with E-state index in [0.29, 0.717) is 22.6 Å². The van der Waals surface area contributed by atoms with Crippen LogP contribution in [0.1, 0.15) is 17.2 Å². The maximum absolute atomic E-state index is 11.4. The number of carbonyl (C=O) groups is 1. The first kappa shape index (κ1) is 15.3. The van der Waals surface area contributed by atoms with Crippen molar-refractivity contribution < 1.29 is 28.8 Å². The van der Waals surface area contributed by atoms with Gasteiger partial charge in [0, 0.05) is 12.7 Å². The summed E-state index contributed by atoms with van der Waals surface area (Å²) in [6.07, 6.45) is -1.42. The summed E-state index contributed by atoms with van der Waals surface area (Å²) in [6.45, 7) is 0.230. The van der Waals surface area contributed by atoms with Gasteiger partial charge in [0.25, 0.3) is 0 Å². The predicted molar refractivity (Wildman–Crippen MR) is 67.2 cm³/mol. The van der Waals surface area contributed by atoms with Crippen LogP contribution in [0, 0.1) is 0 Å². The SMILES string of the molecule is COCc1c(OC)ccc(C(O)C(=O)OC)c1OC. The van der Waals surface area contributed by atoms with Crippen LogP contribution < -0.4 is 9.47 Å². The summed E-state index contributed by atoms with van der Waals surface area (Å²) < 4.78 is 20.1. The topological polar surface area (TPSA) is 74.2 Å². The monoisotopic (exact) mass is 270 g/mol. The number of aliphatic hydroxyl groups excluding tert-OH is 1. The fourth-order valence-corrected chi connectivity index (χ4v) is 1.80. The summed E-state index contributed by atoms with van der Waals surface area (Å²) in [5, 5.41) is 9.92. The van der Waals surface area contributed by atoms with Gasteiger partial charge in [-0.1, -0.05) is 0 Å². The number of aliphatic hydroxyl groups is 1. The summed E-state index contributed by atoms with van der Waals surface area (Å²) in [7, 11) is 5.70. The fourth-order valence-electron chi connectivity index (χ4n) is 1.80. The first-order valence-corrected chi connectivity index (χ1v) is 5.59. The van der Waals surface area contributed by atoms with Gasteiger partial charge in [0.15, 0.2) is 6.10 Å². The van der Waals surface area contributed by atoms with Gasteiger partial charge in [0.2, 0.25) is 0 Å². The molecule has 0 aliphatic carbocycles. The van der Waals surface area contributed by atoms with Gasteiger partial charge in [-0.05, 0) is 12.1 Å². The summed E-state index contributed by atoms with van der Waals surface area (Å²) in [5.41, 5.74) is 0.926. The number of esters is 1. The van der Waals surface area contributed by atoms with E-state index in [0.717, 1.165) is 0 Å². The average Bonchev–Trinajstić information content (AvgIpc) is 2.45. The molecule has 106 valence electrons. The summed E-state index contributed by atoms with van der Waals surface area (Å²) in [6, 6.07) is 3.19. The van der Waals surface area contributed by atoms with Crippen molar-refractivity contribution in [3.63, 3.8) is 0 Å². The van der Waals surface area contributed by atoms with E-state index in [1.165, 1.54) is 28.4 Å². The minimum Gasteiger partial charge on any atom is -0.496 e. The molecule has 0 radical (unpaired) electrons. The molecule has 1 aromatic rings. The molecule has 0 heterocycles. The fraction of sp³-hybridized carbons (Fsp3) is 0.462. The number of hydrogen-bond donors (Lipinski definition) is 1. The second-order valence-electron chi connectivity index (χ2n) is 3.73. The van der Waals surface area contributed by atoms with E-state index in [4.69, 9.17) is 14.2 Å². The van der Waals surface area contributed by atoms with E-state index in [9.17, 15) is 9.90 Å². The minimum absolute atomic E-state index is 0.230. The Morgan fingerprint density at radius 2 is 1.89 bits per heavy atom. The third kappa shape index (κ3) is 3.15. The van der Waals surface area contributed by atoms with Crippen LogP contribution >= 0.6 is 0 Å². The van der Waals surface area contributed by atoms with Crippen molar-refractivity contribution in [3.8, 4) is 11.5 Å². The lowest BCUT2D eigenvalue weighted by Gasteiger charge is -2.18. The molecule has 6 heteroatoms. The average molecular weight is 270 g/mol. The molecule has 1 N–H and O–H groups in total. The normalized spacial score (nSPS) is 11.8. The Balaban J connectivity index is 3.33. The Hall–Kier alpha value is -1.79. The number of methoxy groups -OCH3 is 4. The first-order chi connectivity index (χ1) is 9.10. The van der Waals surface area contributed by atoms with Crippen LogP contribution in [0.15, 0.2) is 12.1 Å². The van der Waals surface area contributed by atoms with Crippen LogP contribution in [-0.2, 0) is 20.9 Å². The van der Waals surface area contributed by atoms with Gasteiger partial charge >= 0.3 is 5.97 Å². The van der Waals surface area contributed by atoms with Crippen LogP contribution in [0.4, 0.5) is 0 Å². The van der Waals surface area contributed by atoms with Crippen LogP contribution in [0.5, 0.6) is 11.5 Å². The van der Waals surface area contributed by atoms with Gasteiger partial charge in [0.05, 0.1) is 33.5 Å². The van der Waals surface area contributed by atoms with E-state index in [2.05, 4.69) is 4.74 Å². The van der Waals surface area contributed by atoms with Crippen molar-refractivity contribution in [2.45, 2.75) is 12.7 Å². The van der Waals surface area contributed by atoms with Crippen molar-refractivity contribution in [3.05, 3.63) is 23.3 Å². The molecule has 0 aromatic heterocycles. The predicted octanol–water partition coefficient (Wildman–Crippen LogP) is 1.06. The van der Waals surface area contributed by atoms with Crippen molar-refractivity contribution in [1.82, 2.24) is 0 Å². The number of benzene rings is 1. The molecular formula is C13H18O6. The Kier molecular flexibility index (Phi) is 5.59. The molecule has 0 saturated heterocycles. The van der Waals surface area contributed by atoms with Crippen molar-refractivity contribution >= 4 is 5.97 Å². The Morgan fingerprint density at radius 3 is 2.37 bits per heavy atom. The van der Waals surface area contributed by atoms with E-state index < -0.39 is 12.1 Å². The van der Waals surface area contributed by atoms with Crippen LogP contribution in [0.3, 0.4) is 0 Å². The third-order valence-corrected chi connectivity index (χ3v) is 2.68. The Bertz CT molecular complexity index is 443. The highest BCUT2D eigenvalue weighted by Crippen LogP contribution is 2.36. The Morgan fingerprint density at radius 1 is 1.21 bits per heavy atom. The minimum atomic E-state index is -1.42. The summed E-state index contributed by atoms with van der Waals surface area (Å²) >= 11 is 0. The lowest BCUT2D eigenvalue weighted by atomic mass is 10.0. The van der Waals surface area contributed by atoms with Crippen LogP contribution in [0.2, 0.25) is 0 Å². The zero-order valence-electron chi connectivity index (χ0n) is 11.4. The Labute approximate surface area is 111 Å². The molecule has 1 atom stereocenters. The second kappa shape index (κ2) is 6.96. The number of rotatable bonds is 6. The van der Waals surface area contributed by atoms with Crippen LogP contribution in [-0.4, -0.2) is 39.5 Å². The van der Waals surface area contributed by atoms with Gasteiger partial charge in [-0.2, -0.15) is 0 Å². The zero-order chi connectivity index (χ0) is 14.4. The van der Waals surface area contributed by atoms with E-state index in [1.54, 1.807) is 12.1 Å². The molecule has 6 nitrogen and oxygen atoms in total. The van der Waals surface area contributed by atoms with E-state index in [-0.39, 0.29) is 6.61 Å². The van der Waals surface area contributed by atoms with Gasteiger partial charge < -0.3 is 24.1 Å². The molecule has 0 aliphatic rings. The molecule has 0 fully saturated rings. The molecule has 0 bridgehead atoms. The van der Waals surface area contributed by atoms with Crippen molar-refractivity contribution in [2.75, 3.05) is 28.4 Å². The lowest BCUT2D eigenvalue weighted by Crippen LogP contribution is -2.15. The molecule has 0 aliphatic heterocycles. The van der Waals surface area contributed by atoms with Gasteiger partial charge in [0.1, 0.15) is 11.5 Å². The number of ether oxygens (including phenoxy) is 4. The maximum atomic E-state index is 11.4. The highest BCUT2D eigenvalue weighted by molar-refractivity contribution is 5.77. The number of carbonyl (C=O) groups excluding carboxylic acids is 1. The number of hydrogen-bond acceptors (Lipinski definition) is 6. The molecule has 1 aromatic carbocycles. The molecule has 1 unspecified atom stereocenters. The largest absolute Gasteiger partial charge is 0.496 e. The second-order valence-corrected chi connectivity index (χ2v) is 3.73. The molecule has 0 spiro atoms. The highest BCUT2D eigenvalue weighted by Gasteiger charge is 2.25. The van der Waals surface area contributed by atoms with E-state index >= 15 is 0 Å². The van der Waals surface area contributed by atoms with Gasteiger partial charge in [-0.25, -0.2) is 4.79 Å². The van der Waals surface area contributed by atoms with Gasteiger partial charge in [-0.3, -0.25) is 0 Å². The maximum Gasteiger partial charge on any atom is 0.339 e. The zero-order valence-corrected chi connectivity index (χ0v) is 11.4. The summed E-state index contributed by atoms with van der Waals surface area (Å²) in [4.78, 5) is 11.4. The quantitative estimate of drug-likeness (QED) is 0.779. The van der Waals surface area contributed by atoms with Crippen LogP contribution in [0.25, 0.3) is 0 Å². The van der Waals surface area contributed by atoms with E-state index in [1.807, 2.05) is 0 Å². The lowest BCUT2D eigenvalue weighted by molar-refractivity contribution is -0.150. The molecule has 1 rings (SSSR count). The molecule has 19 heavy (non-hydrogen) atoms. The standard InChI is InChI=1S/C13H18O6/c1-16-7-9-10(17-2)6-5-8(12(9)18-3)11(14)13(15)19-4/h5-6,11,14H,7H2,1-4H3. The van der Waals surface area contributed by atoms with Crippen molar-refractivity contribution in [2.24, 2.45) is 0 Å².